The highest BCUT2D eigenvalue weighted by Gasteiger charge is 2.23. The maximum absolute atomic E-state index is 11.4. The minimum atomic E-state index is 0.0149. The fraction of sp³-hybridized carbons (Fsp3) is 0.182. The number of rotatable bonds is 0. The number of fused-ring (bicyclic) bond motifs is 1. The van der Waals surface area contributed by atoms with Crippen LogP contribution in [0, 0.1) is 22.7 Å². The number of carbonyl (C=O) groups excluding carboxylic acids is 1. The van der Waals surface area contributed by atoms with Crippen LogP contribution in [0.15, 0.2) is 12.1 Å². The SMILES string of the molecule is N#Cc1cc(C#N)c2c(c1)CCC2=O. The van der Waals surface area contributed by atoms with E-state index in [2.05, 4.69) is 0 Å². The van der Waals surface area contributed by atoms with E-state index in [-0.39, 0.29) is 5.78 Å². The van der Waals surface area contributed by atoms with Crippen molar-refractivity contribution in [2.75, 3.05) is 0 Å². The lowest BCUT2D eigenvalue weighted by Crippen LogP contribution is -1.96. The van der Waals surface area contributed by atoms with E-state index in [9.17, 15) is 4.79 Å². The summed E-state index contributed by atoms with van der Waals surface area (Å²) in [6.07, 6.45) is 1.11. The van der Waals surface area contributed by atoms with E-state index in [1.54, 1.807) is 6.07 Å². The minimum absolute atomic E-state index is 0.0149. The number of nitriles is 2. The van der Waals surface area contributed by atoms with E-state index in [1.165, 1.54) is 6.07 Å². The van der Waals surface area contributed by atoms with Gasteiger partial charge in [-0.15, -0.1) is 0 Å². The predicted molar refractivity (Wildman–Crippen MR) is 48.5 cm³/mol. The molecule has 0 radical (unpaired) electrons. The van der Waals surface area contributed by atoms with Crippen LogP contribution in [0.1, 0.15) is 33.5 Å². The molecule has 1 aromatic rings. The lowest BCUT2D eigenvalue weighted by molar-refractivity contribution is 0.0994. The molecule has 0 N–H and O–H groups in total. The first-order valence-corrected chi connectivity index (χ1v) is 4.26. The fourth-order valence-electron chi connectivity index (χ4n) is 1.75. The van der Waals surface area contributed by atoms with Crippen molar-refractivity contribution in [2.24, 2.45) is 0 Å². The van der Waals surface area contributed by atoms with Gasteiger partial charge in [-0.05, 0) is 24.1 Å². The van der Waals surface area contributed by atoms with E-state index < -0.39 is 0 Å². The molecule has 0 atom stereocenters. The van der Waals surface area contributed by atoms with Gasteiger partial charge in [0.1, 0.15) is 0 Å². The predicted octanol–water partition coefficient (Wildman–Crippen LogP) is 1.56. The maximum Gasteiger partial charge on any atom is 0.164 e. The summed E-state index contributed by atoms with van der Waals surface area (Å²) in [5.41, 5.74) is 2.15. The summed E-state index contributed by atoms with van der Waals surface area (Å²) < 4.78 is 0. The number of Topliss-reactive ketones (excluding diaryl/α,β-unsaturated/α-hetero) is 1. The average molecular weight is 182 g/mol. The summed E-state index contributed by atoms with van der Waals surface area (Å²) in [4.78, 5) is 11.4. The van der Waals surface area contributed by atoms with Gasteiger partial charge in [0.05, 0.1) is 23.3 Å². The molecule has 0 amide bonds. The zero-order valence-electron chi connectivity index (χ0n) is 7.37. The molecule has 0 fully saturated rings. The first-order valence-electron chi connectivity index (χ1n) is 4.26. The van der Waals surface area contributed by atoms with Gasteiger partial charge in [0.15, 0.2) is 5.78 Å². The van der Waals surface area contributed by atoms with Gasteiger partial charge in [0.25, 0.3) is 0 Å². The molecule has 0 spiro atoms. The van der Waals surface area contributed by atoms with Crippen molar-refractivity contribution in [3.8, 4) is 12.1 Å². The lowest BCUT2D eigenvalue weighted by Gasteiger charge is -2.00. The van der Waals surface area contributed by atoms with Gasteiger partial charge in [0.2, 0.25) is 0 Å². The van der Waals surface area contributed by atoms with Crippen LogP contribution in [0.5, 0.6) is 0 Å². The molecule has 0 aliphatic heterocycles. The quantitative estimate of drug-likeness (QED) is 0.611. The molecule has 3 heteroatoms. The van der Waals surface area contributed by atoms with Crippen LogP contribution in [-0.4, -0.2) is 5.78 Å². The third-order valence-electron chi connectivity index (χ3n) is 2.37. The summed E-state index contributed by atoms with van der Waals surface area (Å²) in [5, 5.41) is 17.5. The van der Waals surface area contributed by atoms with E-state index >= 15 is 0 Å². The topological polar surface area (TPSA) is 64.7 Å². The summed E-state index contributed by atoms with van der Waals surface area (Å²) in [6, 6.07) is 7.11. The third-order valence-corrected chi connectivity index (χ3v) is 2.37. The van der Waals surface area contributed by atoms with Gasteiger partial charge >= 0.3 is 0 Å². The summed E-state index contributed by atoms with van der Waals surface area (Å²) >= 11 is 0. The molecule has 2 rings (SSSR count). The van der Waals surface area contributed by atoms with Crippen LogP contribution < -0.4 is 0 Å². The highest BCUT2D eigenvalue weighted by atomic mass is 16.1. The monoisotopic (exact) mass is 182 g/mol. The van der Waals surface area contributed by atoms with E-state index in [0.717, 1.165) is 5.56 Å². The van der Waals surface area contributed by atoms with E-state index in [1.807, 2.05) is 12.1 Å². The number of ketones is 1. The Morgan fingerprint density at radius 2 is 1.93 bits per heavy atom. The van der Waals surface area contributed by atoms with Gasteiger partial charge in [0, 0.05) is 12.0 Å². The summed E-state index contributed by atoms with van der Waals surface area (Å²) in [6.45, 7) is 0. The Bertz CT molecular complexity index is 503. The molecular formula is C11H6N2O. The molecule has 0 aromatic heterocycles. The summed E-state index contributed by atoms with van der Waals surface area (Å²) in [5.74, 6) is 0.0149. The number of hydrogen-bond donors (Lipinski definition) is 0. The van der Waals surface area contributed by atoms with Crippen molar-refractivity contribution in [1.82, 2.24) is 0 Å². The van der Waals surface area contributed by atoms with Gasteiger partial charge in [-0.3, -0.25) is 4.79 Å². The standard InChI is InChI=1S/C11H6N2O/c12-5-7-3-8-1-2-10(14)11(8)9(4-7)6-13/h3-4H,1-2H2. The van der Waals surface area contributed by atoms with Gasteiger partial charge in [-0.2, -0.15) is 10.5 Å². The average Bonchev–Trinajstić information content (AvgIpc) is 2.59. The number of carbonyl (C=O) groups is 1. The molecule has 1 aliphatic rings. The smallest absolute Gasteiger partial charge is 0.164 e. The Balaban J connectivity index is 2.73. The molecule has 0 saturated carbocycles. The Morgan fingerprint density at radius 1 is 1.14 bits per heavy atom. The van der Waals surface area contributed by atoms with Crippen LogP contribution >= 0.6 is 0 Å². The summed E-state index contributed by atoms with van der Waals surface area (Å²) in [7, 11) is 0. The zero-order valence-corrected chi connectivity index (χ0v) is 7.37. The van der Waals surface area contributed by atoms with Gasteiger partial charge in [-0.1, -0.05) is 0 Å². The first-order chi connectivity index (χ1) is 6.76. The molecule has 1 aromatic carbocycles. The molecular weight excluding hydrogens is 176 g/mol. The van der Waals surface area contributed by atoms with Crippen LogP contribution in [0.2, 0.25) is 0 Å². The van der Waals surface area contributed by atoms with Crippen molar-refractivity contribution in [1.29, 1.82) is 10.5 Å². The number of nitrogens with zero attached hydrogens (tertiary/aromatic N) is 2. The Morgan fingerprint density at radius 3 is 2.57 bits per heavy atom. The Labute approximate surface area is 81.2 Å². The van der Waals surface area contributed by atoms with Crippen LogP contribution in [-0.2, 0) is 6.42 Å². The Kier molecular flexibility index (Phi) is 1.80. The molecule has 3 nitrogen and oxygen atoms in total. The zero-order chi connectivity index (χ0) is 10.1. The van der Waals surface area contributed by atoms with Crippen molar-refractivity contribution < 1.29 is 4.79 Å². The molecule has 0 unspecified atom stereocenters. The van der Waals surface area contributed by atoms with Crippen LogP contribution in [0.4, 0.5) is 0 Å². The number of hydrogen-bond acceptors (Lipinski definition) is 3. The van der Waals surface area contributed by atoms with Gasteiger partial charge < -0.3 is 0 Å². The van der Waals surface area contributed by atoms with Crippen molar-refractivity contribution in [3.05, 3.63) is 34.4 Å². The third kappa shape index (κ3) is 1.08. The number of aryl methyl sites for hydroxylation is 1. The molecule has 1 aliphatic carbocycles. The van der Waals surface area contributed by atoms with Crippen LogP contribution in [0.3, 0.4) is 0 Å². The minimum Gasteiger partial charge on any atom is -0.294 e. The Hall–Kier alpha value is -2.13. The number of benzene rings is 1. The molecule has 0 saturated heterocycles. The normalized spacial score (nSPS) is 13.1. The largest absolute Gasteiger partial charge is 0.294 e. The van der Waals surface area contributed by atoms with E-state index in [0.29, 0.717) is 29.5 Å². The maximum atomic E-state index is 11.4. The highest BCUT2D eigenvalue weighted by molar-refractivity contribution is 6.02. The van der Waals surface area contributed by atoms with Crippen molar-refractivity contribution >= 4 is 5.78 Å². The highest BCUT2D eigenvalue weighted by Crippen LogP contribution is 2.26. The molecule has 0 heterocycles. The van der Waals surface area contributed by atoms with Crippen LogP contribution in [0.25, 0.3) is 0 Å². The van der Waals surface area contributed by atoms with Crippen molar-refractivity contribution in [3.63, 3.8) is 0 Å². The van der Waals surface area contributed by atoms with Crippen molar-refractivity contribution in [2.45, 2.75) is 12.8 Å². The molecule has 14 heavy (non-hydrogen) atoms. The van der Waals surface area contributed by atoms with Gasteiger partial charge in [-0.25, -0.2) is 0 Å². The second-order valence-electron chi connectivity index (χ2n) is 3.20. The second kappa shape index (κ2) is 2.97. The molecule has 0 bridgehead atoms. The molecule has 66 valence electrons. The second-order valence-corrected chi connectivity index (χ2v) is 3.20. The van der Waals surface area contributed by atoms with E-state index in [4.69, 9.17) is 10.5 Å². The lowest BCUT2D eigenvalue weighted by atomic mass is 10.0. The fourth-order valence-corrected chi connectivity index (χ4v) is 1.75. The first kappa shape index (κ1) is 8.47.